The molecule has 136 valence electrons. The molecule has 5 rings (SSSR count). The Balaban J connectivity index is 1.80. The highest BCUT2D eigenvalue weighted by molar-refractivity contribution is 5.92. The number of fused-ring (bicyclic) bond motifs is 3. The van der Waals surface area contributed by atoms with Crippen LogP contribution < -0.4 is 4.40 Å². The van der Waals surface area contributed by atoms with Gasteiger partial charge in [-0.05, 0) is 35.4 Å². The maximum absolute atomic E-state index is 9.32. The molecule has 0 saturated heterocycles. The first kappa shape index (κ1) is 16.6. The number of benzene rings is 2. The Bertz CT molecular complexity index is 1290. The number of aromatic nitrogens is 4. The average molecular weight is 367 g/mol. The van der Waals surface area contributed by atoms with E-state index in [1.165, 1.54) is 0 Å². The fourth-order valence-corrected chi connectivity index (χ4v) is 3.56. The Hall–Kier alpha value is -3.57. The molecule has 3 heterocycles. The number of hydrogen-bond donors (Lipinski definition) is 1. The summed E-state index contributed by atoms with van der Waals surface area (Å²) in [4.78, 5) is 4.69. The van der Waals surface area contributed by atoms with E-state index in [-0.39, 0.29) is 6.61 Å². The van der Waals surface area contributed by atoms with Crippen molar-refractivity contribution in [2.45, 2.75) is 13.5 Å². The van der Waals surface area contributed by atoms with Crippen LogP contribution in [0, 0.1) is 6.92 Å². The van der Waals surface area contributed by atoms with Gasteiger partial charge < -0.3 is 5.11 Å². The standard InChI is InChI=1S/C23H19N4O/c1-16-25-27(20-9-7-17(15-28)8-10-20)23-21-13-19(18-5-3-2-4-6-18)14-24-22(21)11-12-26(16)23/h2-14,28H,15H2,1H3/q+1. The Kier molecular flexibility index (Phi) is 3.88. The van der Waals surface area contributed by atoms with Crippen LogP contribution in [0.2, 0.25) is 0 Å². The van der Waals surface area contributed by atoms with E-state index in [2.05, 4.69) is 22.6 Å². The summed E-state index contributed by atoms with van der Waals surface area (Å²) < 4.78 is 4.02. The van der Waals surface area contributed by atoms with Crippen LogP contribution in [0.25, 0.3) is 33.4 Å². The first-order chi connectivity index (χ1) is 13.7. The van der Waals surface area contributed by atoms with Crippen LogP contribution in [0.1, 0.15) is 11.4 Å². The summed E-state index contributed by atoms with van der Waals surface area (Å²) in [6, 6.07) is 22.2. The predicted octanol–water partition coefficient (Wildman–Crippen LogP) is 3.63. The maximum Gasteiger partial charge on any atom is 0.280 e. The van der Waals surface area contributed by atoms with Gasteiger partial charge >= 0.3 is 0 Å². The van der Waals surface area contributed by atoms with Crippen LogP contribution in [0.4, 0.5) is 0 Å². The third-order valence-electron chi connectivity index (χ3n) is 5.03. The number of pyridine rings is 2. The second kappa shape index (κ2) is 6.55. The van der Waals surface area contributed by atoms with Gasteiger partial charge in [-0.25, -0.2) is 4.40 Å². The summed E-state index contributed by atoms with van der Waals surface area (Å²) in [5, 5.41) is 15.1. The van der Waals surface area contributed by atoms with E-state index >= 15 is 0 Å². The molecule has 0 aliphatic carbocycles. The van der Waals surface area contributed by atoms with Gasteiger partial charge in [-0.3, -0.25) is 4.98 Å². The predicted molar refractivity (Wildman–Crippen MR) is 108 cm³/mol. The second-order valence-electron chi connectivity index (χ2n) is 6.82. The molecule has 0 aliphatic heterocycles. The van der Waals surface area contributed by atoms with Crippen LogP contribution in [0.15, 0.2) is 79.1 Å². The Morgan fingerprint density at radius 2 is 1.75 bits per heavy atom. The molecule has 0 fully saturated rings. The molecule has 5 nitrogen and oxygen atoms in total. The molecule has 5 heteroatoms. The van der Waals surface area contributed by atoms with Gasteiger partial charge in [0.25, 0.3) is 11.5 Å². The Labute approximate surface area is 162 Å². The molecular formula is C23H19N4O+. The van der Waals surface area contributed by atoms with Crippen LogP contribution >= 0.6 is 0 Å². The molecule has 2 aromatic carbocycles. The fourth-order valence-electron chi connectivity index (χ4n) is 3.56. The first-order valence-corrected chi connectivity index (χ1v) is 9.20. The summed E-state index contributed by atoms with van der Waals surface area (Å²) in [7, 11) is 0. The molecule has 5 aromatic rings. The quantitative estimate of drug-likeness (QED) is 0.496. The highest BCUT2D eigenvalue weighted by atomic mass is 16.3. The third-order valence-corrected chi connectivity index (χ3v) is 5.03. The van der Waals surface area contributed by atoms with Crippen LogP contribution in [-0.2, 0) is 6.61 Å². The van der Waals surface area contributed by atoms with Crippen molar-refractivity contribution in [3.05, 3.63) is 90.5 Å². The summed E-state index contributed by atoms with van der Waals surface area (Å²) >= 11 is 0. The van der Waals surface area contributed by atoms with Gasteiger partial charge in [-0.15, -0.1) is 0 Å². The van der Waals surface area contributed by atoms with Crippen molar-refractivity contribution in [1.29, 1.82) is 0 Å². The van der Waals surface area contributed by atoms with Crippen LogP contribution in [-0.4, -0.2) is 19.9 Å². The molecular weight excluding hydrogens is 348 g/mol. The number of nitrogens with zero attached hydrogens (tertiary/aromatic N) is 4. The zero-order chi connectivity index (χ0) is 19.1. The van der Waals surface area contributed by atoms with E-state index in [0.29, 0.717) is 0 Å². The molecule has 0 spiro atoms. The summed E-state index contributed by atoms with van der Waals surface area (Å²) in [5.41, 5.74) is 5.92. The minimum absolute atomic E-state index is 0.0290. The summed E-state index contributed by atoms with van der Waals surface area (Å²) in [5.74, 6) is 0.897. The molecule has 0 amide bonds. The second-order valence-corrected chi connectivity index (χ2v) is 6.82. The molecule has 28 heavy (non-hydrogen) atoms. The molecule has 1 N–H and O–H groups in total. The van der Waals surface area contributed by atoms with Gasteiger partial charge in [-0.1, -0.05) is 47.1 Å². The van der Waals surface area contributed by atoms with E-state index in [1.807, 2.05) is 72.5 Å². The smallest absolute Gasteiger partial charge is 0.280 e. The number of aliphatic hydroxyl groups is 1. The summed E-state index contributed by atoms with van der Waals surface area (Å²) in [6.45, 7) is 2.02. The molecule has 0 aliphatic rings. The molecule has 0 bridgehead atoms. The van der Waals surface area contributed by atoms with E-state index in [0.717, 1.165) is 44.8 Å². The lowest BCUT2D eigenvalue weighted by molar-refractivity contribution is -0.519. The number of rotatable bonds is 3. The number of aryl methyl sites for hydroxylation is 1. The van der Waals surface area contributed by atoms with E-state index in [9.17, 15) is 5.11 Å². The highest BCUT2D eigenvalue weighted by Gasteiger charge is 2.21. The zero-order valence-corrected chi connectivity index (χ0v) is 15.4. The van der Waals surface area contributed by atoms with E-state index in [4.69, 9.17) is 10.1 Å². The molecule has 0 saturated carbocycles. The summed E-state index contributed by atoms with van der Waals surface area (Å²) in [6.07, 6.45) is 3.92. The van der Waals surface area contributed by atoms with Gasteiger partial charge in [0.2, 0.25) is 0 Å². The molecule has 0 atom stereocenters. The number of hydrogen-bond acceptors (Lipinski definition) is 3. The van der Waals surface area contributed by atoms with Crippen molar-refractivity contribution < 1.29 is 9.51 Å². The highest BCUT2D eigenvalue weighted by Crippen LogP contribution is 2.25. The zero-order valence-electron chi connectivity index (χ0n) is 15.4. The van der Waals surface area contributed by atoms with Gasteiger partial charge in [0.1, 0.15) is 5.69 Å². The van der Waals surface area contributed by atoms with Crippen LogP contribution in [0.3, 0.4) is 0 Å². The third kappa shape index (κ3) is 2.64. The van der Waals surface area contributed by atoms with Gasteiger partial charge in [0, 0.05) is 23.8 Å². The Morgan fingerprint density at radius 1 is 0.964 bits per heavy atom. The van der Waals surface area contributed by atoms with Gasteiger partial charge in [0.15, 0.2) is 0 Å². The normalized spacial score (nSPS) is 11.4. The minimum Gasteiger partial charge on any atom is -0.392 e. The lowest BCUT2D eigenvalue weighted by Gasteiger charge is -2.04. The van der Waals surface area contributed by atoms with Crippen molar-refractivity contribution >= 4 is 16.6 Å². The van der Waals surface area contributed by atoms with Crippen molar-refractivity contribution in [1.82, 2.24) is 14.8 Å². The lowest BCUT2D eigenvalue weighted by Crippen LogP contribution is -2.22. The SMILES string of the molecule is Cc1nn(-c2ccc(CO)cc2)c2c3cc(-c4ccccc4)cnc3cc[n+]12. The van der Waals surface area contributed by atoms with Crippen molar-refractivity contribution in [3.63, 3.8) is 0 Å². The lowest BCUT2D eigenvalue weighted by atomic mass is 10.1. The fraction of sp³-hybridized carbons (Fsp3) is 0.0870. The average Bonchev–Trinajstić information content (AvgIpc) is 3.11. The maximum atomic E-state index is 9.32. The minimum atomic E-state index is 0.0290. The van der Waals surface area contributed by atoms with E-state index < -0.39 is 0 Å². The van der Waals surface area contributed by atoms with Crippen LogP contribution in [0.5, 0.6) is 0 Å². The van der Waals surface area contributed by atoms with Crippen molar-refractivity contribution in [2.24, 2.45) is 0 Å². The van der Waals surface area contributed by atoms with E-state index in [1.54, 1.807) is 0 Å². The van der Waals surface area contributed by atoms with Crippen molar-refractivity contribution in [3.8, 4) is 16.8 Å². The van der Waals surface area contributed by atoms with Gasteiger partial charge in [0.05, 0.1) is 23.7 Å². The van der Waals surface area contributed by atoms with Gasteiger partial charge in [-0.2, -0.15) is 0 Å². The Morgan fingerprint density at radius 3 is 2.50 bits per heavy atom. The monoisotopic (exact) mass is 367 g/mol. The molecule has 0 radical (unpaired) electrons. The largest absolute Gasteiger partial charge is 0.392 e. The molecule has 0 unspecified atom stereocenters. The number of aliphatic hydroxyl groups excluding tert-OH is 1. The first-order valence-electron chi connectivity index (χ1n) is 9.20. The van der Waals surface area contributed by atoms with Crippen molar-refractivity contribution in [2.75, 3.05) is 0 Å². The topological polar surface area (TPSA) is 55.0 Å². The molecule has 3 aromatic heterocycles.